The number of amides is 1. The van der Waals surface area contributed by atoms with Crippen LogP contribution in [0, 0.1) is 0 Å². The number of nitrogens with one attached hydrogen (secondary N) is 1. The number of hydrogen-bond donors (Lipinski definition) is 1. The normalized spacial score (nSPS) is 10.7. The summed E-state index contributed by atoms with van der Waals surface area (Å²) in [6.45, 7) is 0. The van der Waals surface area contributed by atoms with E-state index in [4.69, 9.17) is 4.74 Å². The van der Waals surface area contributed by atoms with Crippen LogP contribution < -0.4 is 10.1 Å². The van der Waals surface area contributed by atoms with Crippen LogP contribution in [-0.4, -0.2) is 32.5 Å². The Morgan fingerprint density at radius 1 is 1.04 bits per heavy atom. The second-order valence-corrected chi connectivity index (χ2v) is 5.52. The molecule has 0 atom stereocenters. The highest BCUT2D eigenvalue weighted by Crippen LogP contribution is 2.19. The number of ether oxygens (including phenoxy) is 1. The second-order valence-electron chi connectivity index (χ2n) is 5.52. The van der Waals surface area contributed by atoms with Crippen molar-refractivity contribution in [2.45, 2.75) is 0 Å². The number of pyridine rings is 2. The lowest BCUT2D eigenvalue weighted by Crippen LogP contribution is -2.14. The molecule has 0 bridgehead atoms. The highest BCUT2D eigenvalue weighted by molar-refractivity contribution is 6.05. The summed E-state index contributed by atoms with van der Waals surface area (Å²) in [6.07, 6.45) is 4.90. The molecule has 128 valence electrons. The van der Waals surface area contributed by atoms with Crippen LogP contribution >= 0.6 is 0 Å². The minimum absolute atomic E-state index is 0.277. The zero-order valence-corrected chi connectivity index (χ0v) is 14.0. The summed E-state index contributed by atoms with van der Waals surface area (Å²) >= 11 is 0. The Kier molecular flexibility index (Phi) is 4.03. The number of carbonyl (C=O) groups is 1. The van der Waals surface area contributed by atoms with E-state index in [1.54, 1.807) is 36.9 Å². The molecule has 7 nitrogen and oxygen atoms in total. The Balaban J connectivity index is 1.57. The minimum atomic E-state index is -0.308. The highest BCUT2D eigenvalue weighted by Gasteiger charge is 2.13. The van der Waals surface area contributed by atoms with Crippen molar-refractivity contribution in [2.24, 2.45) is 0 Å². The van der Waals surface area contributed by atoms with E-state index >= 15 is 0 Å². The number of anilines is 1. The Morgan fingerprint density at radius 2 is 1.92 bits per heavy atom. The fourth-order valence-corrected chi connectivity index (χ4v) is 2.67. The van der Waals surface area contributed by atoms with Crippen molar-refractivity contribution in [1.29, 1.82) is 0 Å². The van der Waals surface area contributed by atoms with Gasteiger partial charge in [0.2, 0.25) is 5.88 Å². The van der Waals surface area contributed by atoms with Crippen molar-refractivity contribution in [3.63, 3.8) is 0 Å². The molecule has 3 aromatic heterocycles. The van der Waals surface area contributed by atoms with Crippen molar-refractivity contribution in [1.82, 2.24) is 19.5 Å². The van der Waals surface area contributed by atoms with Gasteiger partial charge in [-0.25, -0.2) is 15.0 Å². The van der Waals surface area contributed by atoms with Gasteiger partial charge in [0.15, 0.2) is 0 Å². The van der Waals surface area contributed by atoms with Crippen molar-refractivity contribution in [3.8, 4) is 11.7 Å². The van der Waals surface area contributed by atoms with Crippen LogP contribution in [0.3, 0.4) is 0 Å². The maximum atomic E-state index is 12.4. The van der Waals surface area contributed by atoms with Crippen LogP contribution in [0.25, 0.3) is 16.9 Å². The Hall–Kier alpha value is -3.74. The van der Waals surface area contributed by atoms with Crippen molar-refractivity contribution >= 4 is 22.6 Å². The molecule has 7 heteroatoms. The fraction of sp³-hybridized carbons (Fsp3) is 0.0526. The molecule has 3 heterocycles. The van der Waals surface area contributed by atoms with Crippen LogP contribution in [0.1, 0.15) is 10.4 Å². The predicted molar refractivity (Wildman–Crippen MR) is 97.6 cm³/mol. The van der Waals surface area contributed by atoms with Gasteiger partial charge in [0.05, 0.1) is 30.0 Å². The largest absolute Gasteiger partial charge is 0.480 e. The van der Waals surface area contributed by atoms with Gasteiger partial charge in [-0.2, -0.15) is 0 Å². The van der Waals surface area contributed by atoms with E-state index in [0.29, 0.717) is 11.3 Å². The maximum absolute atomic E-state index is 12.4. The Morgan fingerprint density at radius 3 is 2.73 bits per heavy atom. The van der Waals surface area contributed by atoms with E-state index in [-0.39, 0.29) is 11.8 Å². The average molecular weight is 345 g/mol. The van der Waals surface area contributed by atoms with Crippen LogP contribution in [-0.2, 0) is 0 Å². The summed E-state index contributed by atoms with van der Waals surface area (Å²) in [5.74, 6) is 0.688. The number of rotatable bonds is 4. The summed E-state index contributed by atoms with van der Waals surface area (Å²) in [7, 11) is 1.48. The van der Waals surface area contributed by atoms with E-state index in [2.05, 4.69) is 20.3 Å². The number of para-hydroxylation sites is 2. The molecule has 0 saturated carbocycles. The van der Waals surface area contributed by atoms with E-state index in [0.717, 1.165) is 16.9 Å². The molecule has 26 heavy (non-hydrogen) atoms. The zero-order chi connectivity index (χ0) is 17.9. The molecule has 0 spiro atoms. The van der Waals surface area contributed by atoms with Gasteiger partial charge in [0, 0.05) is 6.20 Å². The smallest absolute Gasteiger partial charge is 0.261 e. The van der Waals surface area contributed by atoms with E-state index in [1.807, 2.05) is 34.9 Å². The number of methoxy groups -OCH3 is 1. The van der Waals surface area contributed by atoms with Crippen LogP contribution in [0.2, 0.25) is 0 Å². The summed E-state index contributed by atoms with van der Waals surface area (Å²) < 4.78 is 7.01. The molecular weight excluding hydrogens is 330 g/mol. The molecule has 1 N–H and O–H groups in total. The molecular formula is C19H15N5O2. The fourth-order valence-electron chi connectivity index (χ4n) is 2.67. The van der Waals surface area contributed by atoms with Crippen LogP contribution in [0.15, 0.2) is 67.3 Å². The van der Waals surface area contributed by atoms with Gasteiger partial charge >= 0.3 is 0 Å². The monoisotopic (exact) mass is 345 g/mol. The summed E-state index contributed by atoms with van der Waals surface area (Å²) in [6, 6.07) is 14.8. The maximum Gasteiger partial charge on any atom is 0.261 e. The number of nitrogens with zero attached hydrogens (tertiary/aromatic N) is 4. The van der Waals surface area contributed by atoms with Gasteiger partial charge in [-0.05, 0) is 36.4 Å². The molecule has 0 aliphatic carbocycles. The quantitative estimate of drug-likeness (QED) is 0.615. The van der Waals surface area contributed by atoms with E-state index in [1.165, 1.54) is 7.11 Å². The molecule has 0 radical (unpaired) electrons. The molecule has 4 rings (SSSR count). The average Bonchev–Trinajstić information content (AvgIpc) is 3.12. The van der Waals surface area contributed by atoms with Gasteiger partial charge in [-0.1, -0.05) is 12.1 Å². The first-order valence-electron chi connectivity index (χ1n) is 7.95. The van der Waals surface area contributed by atoms with Gasteiger partial charge in [-0.3, -0.25) is 9.36 Å². The summed E-state index contributed by atoms with van der Waals surface area (Å²) in [5, 5.41) is 2.80. The molecule has 1 amide bonds. The molecule has 0 fully saturated rings. The number of aromatic nitrogens is 4. The molecule has 0 aliphatic heterocycles. The Bertz CT molecular complexity index is 1070. The topological polar surface area (TPSA) is 81.9 Å². The van der Waals surface area contributed by atoms with Gasteiger partial charge in [0.1, 0.15) is 17.7 Å². The third-order valence-electron chi connectivity index (χ3n) is 3.92. The number of imidazole rings is 1. The van der Waals surface area contributed by atoms with Gasteiger partial charge in [-0.15, -0.1) is 0 Å². The number of fused-ring (bicyclic) bond motifs is 1. The first-order chi connectivity index (χ1) is 12.8. The Labute approximate surface area is 149 Å². The molecule has 0 saturated heterocycles. The molecule has 0 unspecified atom stereocenters. The lowest BCUT2D eigenvalue weighted by Gasteiger charge is -2.09. The summed E-state index contributed by atoms with van der Waals surface area (Å²) in [4.78, 5) is 25.2. The summed E-state index contributed by atoms with van der Waals surface area (Å²) in [5.41, 5.74) is 2.81. The standard InChI is InChI=1S/C19H15N5O2/c1-26-19-14(5-4-10-20-19)18(25)23-13-8-9-17(21-11-13)24-12-22-15-6-2-3-7-16(15)24/h2-12H,1H3,(H,23,25). The SMILES string of the molecule is COc1ncccc1C(=O)Nc1ccc(-n2cnc3ccccc32)nc1. The van der Waals surface area contributed by atoms with Crippen LogP contribution in [0.5, 0.6) is 5.88 Å². The van der Waals surface area contributed by atoms with E-state index < -0.39 is 0 Å². The molecule has 4 aromatic rings. The second kappa shape index (κ2) is 6.64. The molecule has 0 aliphatic rings. The lowest BCUT2D eigenvalue weighted by atomic mass is 10.2. The van der Waals surface area contributed by atoms with Crippen molar-refractivity contribution in [2.75, 3.05) is 12.4 Å². The third kappa shape index (κ3) is 2.86. The first-order valence-corrected chi connectivity index (χ1v) is 7.95. The number of carbonyl (C=O) groups excluding carboxylic acids is 1. The van der Waals surface area contributed by atoms with Gasteiger partial charge in [0.25, 0.3) is 5.91 Å². The first kappa shape index (κ1) is 15.8. The van der Waals surface area contributed by atoms with E-state index in [9.17, 15) is 4.79 Å². The lowest BCUT2D eigenvalue weighted by molar-refractivity contribution is 0.102. The van der Waals surface area contributed by atoms with Crippen molar-refractivity contribution in [3.05, 3.63) is 72.8 Å². The zero-order valence-electron chi connectivity index (χ0n) is 14.0. The molecule has 1 aromatic carbocycles. The number of benzene rings is 1. The van der Waals surface area contributed by atoms with Crippen LogP contribution in [0.4, 0.5) is 5.69 Å². The minimum Gasteiger partial charge on any atom is -0.480 e. The van der Waals surface area contributed by atoms with Crippen molar-refractivity contribution < 1.29 is 9.53 Å². The predicted octanol–water partition coefficient (Wildman–Crippen LogP) is 3.08. The highest BCUT2D eigenvalue weighted by atomic mass is 16.5. The van der Waals surface area contributed by atoms with Gasteiger partial charge < -0.3 is 10.1 Å². The third-order valence-corrected chi connectivity index (χ3v) is 3.92. The number of hydrogen-bond acceptors (Lipinski definition) is 5.